The van der Waals surface area contributed by atoms with Crippen molar-refractivity contribution in [1.82, 2.24) is 14.5 Å². The average Bonchev–Trinajstić information content (AvgIpc) is 3.08. The van der Waals surface area contributed by atoms with Crippen molar-refractivity contribution in [2.75, 3.05) is 18.1 Å². The summed E-state index contributed by atoms with van der Waals surface area (Å²) in [6.07, 6.45) is 0.533. The van der Waals surface area contributed by atoms with Gasteiger partial charge >= 0.3 is 0 Å². The van der Waals surface area contributed by atoms with Crippen molar-refractivity contribution >= 4 is 38.5 Å². The molecule has 3 rings (SSSR count). The molecule has 1 aromatic heterocycles. The van der Waals surface area contributed by atoms with E-state index in [1.54, 1.807) is 4.90 Å². The van der Waals surface area contributed by atoms with Crippen LogP contribution in [0.3, 0.4) is 0 Å². The number of nitrogens with zero attached hydrogens (tertiary/aromatic N) is 3. The van der Waals surface area contributed by atoms with Crippen molar-refractivity contribution in [2.24, 2.45) is 7.05 Å². The highest BCUT2D eigenvalue weighted by molar-refractivity contribution is 8.00. The van der Waals surface area contributed by atoms with Gasteiger partial charge in [0.15, 0.2) is 15.0 Å². The van der Waals surface area contributed by atoms with Gasteiger partial charge in [-0.3, -0.25) is 4.79 Å². The fraction of sp³-hybridized carbons (Fsp3) is 0.529. The summed E-state index contributed by atoms with van der Waals surface area (Å²) < 4.78 is 25.5. The lowest BCUT2D eigenvalue weighted by molar-refractivity contribution is -0.131. The van der Waals surface area contributed by atoms with Crippen LogP contribution in [0.1, 0.15) is 20.3 Å². The van der Waals surface area contributed by atoms with Crippen LogP contribution in [0.25, 0.3) is 11.0 Å². The summed E-state index contributed by atoms with van der Waals surface area (Å²) in [4.78, 5) is 19.2. The number of carbonyl (C=O) groups is 1. The summed E-state index contributed by atoms with van der Waals surface area (Å²) in [6.45, 7) is 4.28. The van der Waals surface area contributed by atoms with Crippen LogP contribution in [0.15, 0.2) is 29.4 Å². The molecular formula is C17H23N3O3S2. The number of hydrogen-bond acceptors (Lipinski definition) is 5. The predicted molar refractivity (Wildman–Crippen MR) is 100 cm³/mol. The van der Waals surface area contributed by atoms with Gasteiger partial charge in [0.2, 0.25) is 5.91 Å². The normalized spacial score (nSPS) is 20.7. The van der Waals surface area contributed by atoms with Gasteiger partial charge in [-0.2, -0.15) is 0 Å². The lowest BCUT2D eigenvalue weighted by atomic mass is 10.2. The molecule has 136 valence electrons. The molecule has 6 nitrogen and oxygen atoms in total. The van der Waals surface area contributed by atoms with Crippen LogP contribution in [0.5, 0.6) is 0 Å². The number of aryl methyl sites for hydroxylation is 1. The maximum Gasteiger partial charge on any atom is 0.236 e. The molecule has 1 aliphatic heterocycles. The molecule has 2 heterocycles. The zero-order valence-electron chi connectivity index (χ0n) is 14.7. The van der Waals surface area contributed by atoms with E-state index in [1.807, 2.05) is 49.7 Å². The maximum atomic E-state index is 12.9. The SMILES string of the molecule is CCN(C(=O)C(C)Sc1nc2ccccc2n1C)C1CCS(=O)(=O)C1. The quantitative estimate of drug-likeness (QED) is 0.742. The van der Waals surface area contributed by atoms with Crippen LogP contribution in [0.4, 0.5) is 0 Å². The van der Waals surface area contributed by atoms with Crippen LogP contribution >= 0.6 is 11.8 Å². The second-order valence-corrected chi connectivity index (χ2v) is 9.92. The summed E-state index contributed by atoms with van der Waals surface area (Å²) in [7, 11) is -1.07. The van der Waals surface area contributed by atoms with Gasteiger partial charge in [-0.25, -0.2) is 13.4 Å². The summed E-state index contributed by atoms with van der Waals surface area (Å²) in [5.74, 6) is 0.228. The molecule has 0 spiro atoms. The van der Waals surface area contributed by atoms with E-state index >= 15 is 0 Å². The third-order valence-corrected chi connectivity index (χ3v) is 7.53. The molecule has 0 bridgehead atoms. The van der Waals surface area contributed by atoms with E-state index in [0.717, 1.165) is 16.2 Å². The topological polar surface area (TPSA) is 72.3 Å². The third-order valence-electron chi connectivity index (χ3n) is 4.65. The standard InChI is InChI=1S/C17H23N3O3S2/c1-4-20(13-9-10-25(22,23)11-13)16(21)12(2)24-17-18-14-7-5-6-8-15(14)19(17)3/h5-8,12-13H,4,9-11H2,1-3H3. The molecule has 1 fully saturated rings. The number of hydrogen-bond donors (Lipinski definition) is 0. The fourth-order valence-corrected chi connectivity index (χ4v) is 5.98. The Labute approximate surface area is 152 Å². The molecule has 1 saturated heterocycles. The Kier molecular flexibility index (Phi) is 5.11. The Morgan fingerprint density at radius 3 is 2.76 bits per heavy atom. The third kappa shape index (κ3) is 3.69. The van der Waals surface area contributed by atoms with Gasteiger partial charge in [0.25, 0.3) is 0 Å². The van der Waals surface area contributed by atoms with Crippen molar-refractivity contribution in [3.8, 4) is 0 Å². The molecule has 2 atom stereocenters. The van der Waals surface area contributed by atoms with Crippen molar-refractivity contribution in [3.05, 3.63) is 24.3 Å². The first-order valence-electron chi connectivity index (χ1n) is 8.41. The smallest absolute Gasteiger partial charge is 0.236 e. The number of rotatable bonds is 5. The molecule has 2 unspecified atom stereocenters. The van der Waals surface area contributed by atoms with Crippen LogP contribution in [0.2, 0.25) is 0 Å². The highest BCUT2D eigenvalue weighted by Crippen LogP contribution is 2.28. The first-order valence-corrected chi connectivity index (χ1v) is 11.1. The van der Waals surface area contributed by atoms with E-state index in [0.29, 0.717) is 13.0 Å². The number of thioether (sulfide) groups is 1. The minimum Gasteiger partial charge on any atom is -0.338 e. The van der Waals surface area contributed by atoms with Gasteiger partial charge in [0.05, 0.1) is 27.8 Å². The molecule has 25 heavy (non-hydrogen) atoms. The van der Waals surface area contributed by atoms with Gasteiger partial charge in [-0.15, -0.1) is 0 Å². The van der Waals surface area contributed by atoms with E-state index < -0.39 is 9.84 Å². The first kappa shape index (κ1) is 18.3. The predicted octanol–water partition coefficient (Wildman–Crippen LogP) is 2.09. The van der Waals surface area contributed by atoms with Crippen molar-refractivity contribution < 1.29 is 13.2 Å². The summed E-state index contributed by atoms with van der Waals surface area (Å²) in [6, 6.07) is 7.66. The summed E-state index contributed by atoms with van der Waals surface area (Å²) in [5.41, 5.74) is 1.93. The van der Waals surface area contributed by atoms with Gasteiger partial charge in [-0.1, -0.05) is 23.9 Å². The maximum absolute atomic E-state index is 12.9. The van der Waals surface area contributed by atoms with Crippen molar-refractivity contribution in [1.29, 1.82) is 0 Å². The molecule has 0 radical (unpaired) electrons. The average molecular weight is 382 g/mol. The second kappa shape index (κ2) is 6.99. The van der Waals surface area contributed by atoms with Crippen LogP contribution in [0, 0.1) is 0 Å². The highest BCUT2D eigenvalue weighted by Gasteiger charge is 2.35. The van der Waals surface area contributed by atoms with Gasteiger partial charge < -0.3 is 9.47 Å². The van der Waals surface area contributed by atoms with E-state index in [4.69, 9.17) is 0 Å². The van der Waals surface area contributed by atoms with Crippen LogP contribution < -0.4 is 0 Å². The van der Waals surface area contributed by atoms with E-state index in [9.17, 15) is 13.2 Å². The number of para-hydroxylation sites is 2. The van der Waals surface area contributed by atoms with Crippen molar-refractivity contribution in [2.45, 2.75) is 36.7 Å². The Morgan fingerprint density at radius 2 is 2.16 bits per heavy atom. The number of benzene rings is 1. The monoisotopic (exact) mass is 381 g/mol. The van der Waals surface area contributed by atoms with Gasteiger partial charge in [0.1, 0.15) is 0 Å². The molecule has 2 aromatic rings. The molecule has 1 aromatic carbocycles. The molecular weight excluding hydrogens is 358 g/mol. The number of aromatic nitrogens is 2. The zero-order chi connectivity index (χ0) is 18.2. The molecule has 1 amide bonds. The molecule has 0 N–H and O–H groups in total. The minimum absolute atomic E-state index is 0.0262. The molecule has 1 aliphatic rings. The Bertz CT molecular complexity index is 892. The van der Waals surface area contributed by atoms with Crippen molar-refractivity contribution in [3.63, 3.8) is 0 Å². The lowest BCUT2D eigenvalue weighted by Crippen LogP contribution is -2.44. The second-order valence-electron chi connectivity index (χ2n) is 6.38. The number of sulfone groups is 1. The molecule has 0 aliphatic carbocycles. The van der Waals surface area contributed by atoms with E-state index in [1.165, 1.54) is 11.8 Å². The molecule has 8 heteroatoms. The lowest BCUT2D eigenvalue weighted by Gasteiger charge is -2.29. The number of carbonyl (C=O) groups excluding carboxylic acids is 1. The zero-order valence-corrected chi connectivity index (χ0v) is 16.3. The van der Waals surface area contributed by atoms with Gasteiger partial charge in [0, 0.05) is 19.6 Å². The largest absolute Gasteiger partial charge is 0.338 e. The van der Waals surface area contributed by atoms with Crippen LogP contribution in [-0.4, -0.2) is 58.1 Å². The number of fused-ring (bicyclic) bond motifs is 1. The summed E-state index contributed by atoms with van der Waals surface area (Å²) >= 11 is 1.42. The number of imidazole rings is 1. The molecule has 0 saturated carbocycles. The Hall–Kier alpha value is -1.54. The fourth-order valence-electron chi connectivity index (χ4n) is 3.29. The Morgan fingerprint density at radius 1 is 1.44 bits per heavy atom. The minimum atomic E-state index is -3.01. The van der Waals surface area contributed by atoms with Gasteiger partial charge in [-0.05, 0) is 32.4 Å². The first-order chi connectivity index (χ1) is 11.8. The van der Waals surface area contributed by atoms with E-state index in [2.05, 4.69) is 4.98 Å². The highest BCUT2D eigenvalue weighted by atomic mass is 32.2. The summed E-state index contributed by atoms with van der Waals surface area (Å²) in [5, 5.41) is 0.468. The van der Waals surface area contributed by atoms with E-state index in [-0.39, 0.29) is 28.7 Å². The number of amides is 1. The van der Waals surface area contributed by atoms with Crippen LogP contribution in [-0.2, 0) is 21.7 Å². The Balaban J connectivity index is 1.76.